The number of rotatable bonds is 4. The Labute approximate surface area is 151 Å². The molecule has 3 rings (SSSR count). The van der Waals surface area contributed by atoms with Gasteiger partial charge in [0, 0.05) is 22.7 Å². The van der Waals surface area contributed by atoms with Gasteiger partial charge in [0.15, 0.2) is 5.78 Å². The summed E-state index contributed by atoms with van der Waals surface area (Å²) in [6.07, 6.45) is -6.48. The third kappa shape index (κ3) is 3.94. The molecular formula is C19H12F3NO4. The van der Waals surface area contributed by atoms with E-state index >= 15 is 0 Å². The summed E-state index contributed by atoms with van der Waals surface area (Å²) in [6.45, 7) is 0. The molecule has 27 heavy (non-hydrogen) atoms. The molecule has 1 heterocycles. The van der Waals surface area contributed by atoms with Crippen LogP contribution in [0, 0.1) is 4.91 Å². The van der Waals surface area contributed by atoms with E-state index in [1.807, 2.05) is 6.07 Å². The number of hydrogen-bond acceptors (Lipinski definition) is 4. The smallest absolute Gasteiger partial charge is 0.429 e. The fraction of sp³-hybridized carbons (Fsp3) is 0.158. The number of ketones is 1. The Hall–Kier alpha value is -3.29. The number of carbonyl (C=O) groups is 2. The highest BCUT2D eigenvalue weighted by molar-refractivity contribution is 6.02. The van der Waals surface area contributed by atoms with Crippen molar-refractivity contribution in [3.63, 3.8) is 0 Å². The van der Waals surface area contributed by atoms with Crippen molar-refractivity contribution in [1.29, 1.82) is 0 Å². The third-order valence-corrected chi connectivity index (χ3v) is 4.00. The van der Waals surface area contributed by atoms with Gasteiger partial charge in [-0.1, -0.05) is 30.3 Å². The lowest BCUT2D eigenvalue weighted by Crippen LogP contribution is -2.40. The summed E-state index contributed by atoms with van der Waals surface area (Å²) in [4.78, 5) is 34.4. The maximum atomic E-state index is 13.1. The van der Waals surface area contributed by atoms with Gasteiger partial charge in [-0.05, 0) is 29.8 Å². The summed E-state index contributed by atoms with van der Waals surface area (Å²) in [5.41, 5.74) is 0.206. The molecule has 0 bridgehead atoms. The first-order valence-electron chi connectivity index (χ1n) is 7.83. The van der Waals surface area contributed by atoms with Crippen LogP contribution in [-0.2, 0) is 11.2 Å². The monoisotopic (exact) mass is 375 g/mol. The Morgan fingerprint density at radius 3 is 2.41 bits per heavy atom. The zero-order valence-electron chi connectivity index (χ0n) is 13.7. The molecule has 1 amide bonds. The number of hydrogen-bond donors (Lipinski definition) is 0. The number of Topliss-reactive ketones (excluding diaryl/α,β-unsaturated/α-hetero) is 1. The van der Waals surface area contributed by atoms with Crippen molar-refractivity contribution in [2.24, 2.45) is 5.18 Å². The van der Waals surface area contributed by atoms with Gasteiger partial charge >= 0.3 is 12.1 Å². The fourth-order valence-electron chi connectivity index (χ4n) is 2.73. The van der Waals surface area contributed by atoms with Crippen LogP contribution < -0.4 is 4.74 Å². The second-order valence-corrected chi connectivity index (χ2v) is 5.87. The van der Waals surface area contributed by atoms with Crippen molar-refractivity contribution in [1.82, 2.24) is 0 Å². The van der Waals surface area contributed by atoms with Crippen LogP contribution in [0.3, 0.4) is 0 Å². The molecule has 0 fully saturated rings. The van der Waals surface area contributed by atoms with Crippen molar-refractivity contribution in [3.05, 3.63) is 75.7 Å². The number of nitroso groups, excluding NO2 is 1. The van der Waals surface area contributed by atoms with Gasteiger partial charge in [0.25, 0.3) is 0 Å². The van der Waals surface area contributed by atoms with Crippen LogP contribution >= 0.6 is 0 Å². The predicted molar refractivity (Wildman–Crippen MR) is 90.2 cm³/mol. The number of alkyl halides is 3. The van der Waals surface area contributed by atoms with E-state index in [1.165, 1.54) is 18.2 Å². The molecule has 1 aliphatic heterocycles. The van der Waals surface area contributed by atoms with Gasteiger partial charge in [0.05, 0.1) is 5.57 Å². The fourth-order valence-corrected chi connectivity index (χ4v) is 2.73. The second-order valence-electron chi connectivity index (χ2n) is 5.87. The normalized spacial score (nSPS) is 16.0. The lowest BCUT2D eigenvalue weighted by atomic mass is 9.96. The van der Waals surface area contributed by atoms with Crippen LogP contribution in [-0.4, -0.2) is 24.0 Å². The zero-order valence-corrected chi connectivity index (χ0v) is 13.7. The minimum Gasteiger partial charge on any atom is -0.475 e. The van der Waals surface area contributed by atoms with Crippen LogP contribution in [0.1, 0.15) is 21.5 Å². The molecule has 8 heteroatoms. The van der Waals surface area contributed by atoms with Gasteiger partial charge in [-0.15, -0.1) is 4.91 Å². The van der Waals surface area contributed by atoms with Crippen molar-refractivity contribution < 1.29 is 27.5 Å². The highest BCUT2D eigenvalue weighted by Gasteiger charge is 2.48. The molecule has 0 aliphatic carbocycles. The van der Waals surface area contributed by atoms with Crippen molar-refractivity contribution >= 4 is 17.8 Å². The van der Waals surface area contributed by atoms with E-state index < -0.39 is 23.8 Å². The Kier molecular flexibility index (Phi) is 4.89. The highest BCUT2D eigenvalue weighted by Crippen LogP contribution is 2.38. The van der Waals surface area contributed by atoms with E-state index in [9.17, 15) is 27.7 Å². The number of fused-ring (bicyclic) bond motifs is 1. The maximum Gasteiger partial charge on any atom is 0.429 e. The van der Waals surface area contributed by atoms with E-state index in [4.69, 9.17) is 4.74 Å². The molecular weight excluding hydrogens is 363 g/mol. The first kappa shape index (κ1) is 18.5. The lowest BCUT2D eigenvalue weighted by Gasteiger charge is -2.27. The average molecular weight is 375 g/mol. The first-order chi connectivity index (χ1) is 12.8. The Morgan fingerprint density at radius 1 is 1.07 bits per heavy atom. The number of halogens is 3. The van der Waals surface area contributed by atoms with E-state index in [-0.39, 0.29) is 29.1 Å². The Bertz CT molecular complexity index is 936. The van der Waals surface area contributed by atoms with Crippen LogP contribution in [0.25, 0.3) is 6.08 Å². The molecule has 0 saturated carbocycles. The summed E-state index contributed by atoms with van der Waals surface area (Å²) in [7, 11) is 0. The largest absolute Gasteiger partial charge is 0.475 e. The molecule has 1 aliphatic rings. The summed E-state index contributed by atoms with van der Waals surface area (Å²) < 4.78 is 44.2. The standard InChI is InChI=1S/C19H12F3NO4/c20-19(21,22)17-14(18(25)23-26)10-13-9-12(6-7-16(13)27-17)15(24)8-11-4-2-1-3-5-11/h1-7,9-10,17H,8H2. The molecule has 0 spiro atoms. The Morgan fingerprint density at radius 2 is 1.78 bits per heavy atom. The van der Waals surface area contributed by atoms with E-state index in [0.29, 0.717) is 0 Å². The van der Waals surface area contributed by atoms with Crippen molar-refractivity contribution in [2.45, 2.75) is 18.7 Å². The average Bonchev–Trinajstić information content (AvgIpc) is 2.65. The van der Waals surface area contributed by atoms with Crippen LogP contribution in [0.5, 0.6) is 5.75 Å². The number of amides is 1. The molecule has 2 aromatic carbocycles. The summed E-state index contributed by atoms with van der Waals surface area (Å²) in [5.74, 6) is -1.96. The Balaban J connectivity index is 1.94. The maximum absolute atomic E-state index is 13.1. The minimum atomic E-state index is -4.90. The number of nitrogens with zero attached hydrogens (tertiary/aromatic N) is 1. The molecule has 0 aromatic heterocycles. The summed E-state index contributed by atoms with van der Waals surface area (Å²) >= 11 is 0. The molecule has 1 unspecified atom stereocenters. The number of ether oxygens (including phenoxy) is 1. The molecule has 0 radical (unpaired) electrons. The van der Waals surface area contributed by atoms with E-state index in [2.05, 4.69) is 5.18 Å². The van der Waals surface area contributed by atoms with Crippen molar-refractivity contribution in [3.8, 4) is 5.75 Å². The van der Waals surface area contributed by atoms with Crippen LogP contribution in [0.2, 0.25) is 0 Å². The molecule has 0 N–H and O–H groups in total. The van der Waals surface area contributed by atoms with Crippen LogP contribution in [0.15, 0.2) is 59.3 Å². The highest BCUT2D eigenvalue weighted by atomic mass is 19.4. The summed E-state index contributed by atoms with van der Waals surface area (Å²) in [5, 5.41) is 2.06. The van der Waals surface area contributed by atoms with E-state index in [1.54, 1.807) is 24.3 Å². The molecule has 1 atom stereocenters. The van der Waals surface area contributed by atoms with Crippen LogP contribution in [0.4, 0.5) is 13.2 Å². The van der Waals surface area contributed by atoms with Gasteiger partial charge in [-0.25, -0.2) is 0 Å². The van der Waals surface area contributed by atoms with Gasteiger partial charge in [0.2, 0.25) is 6.10 Å². The molecule has 2 aromatic rings. The predicted octanol–water partition coefficient (Wildman–Crippen LogP) is 4.11. The second kappa shape index (κ2) is 7.14. The zero-order chi connectivity index (χ0) is 19.6. The third-order valence-electron chi connectivity index (χ3n) is 4.00. The number of benzene rings is 2. The topological polar surface area (TPSA) is 72.8 Å². The molecule has 5 nitrogen and oxygen atoms in total. The summed E-state index contributed by atoms with van der Waals surface area (Å²) in [6, 6.07) is 12.9. The minimum absolute atomic E-state index is 0.0985. The molecule has 138 valence electrons. The number of carbonyl (C=O) groups excluding carboxylic acids is 2. The SMILES string of the molecule is O=NC(=O)C1=Cc2cc(C(=O)Cc3ccccc3)ccc2OC1C(F)(F)F. The molecule has 0 saturated heterocycles. The first-order valence-corrected chi connectivity index (χ1v) is 7.83. The quantitative estimate of drug-likeness (QED) is 0.595. The van der Waals surface area contributed by atoms with E-state index in [0.717, 1.165) is 11.6 Å². The lowest BCUT2D eigenvalue weighted by molar-refractivity contribution is -0.185. The van der Waals surface area contributed by atoms with Crippen molar-refractivity contribution in [2.75, 3.05) is 0 Å². The van der Waals surface area contributed by atoms with Gasteiger partial charge in [0.1, 0.15) is 5.75 Å². The van der Waals surface area contributed by atoms with Gasteiger partial charge < -0.3 is 4.74 Å². The van der Waals surface area contributed by atoms with Gasteiger partial charge in [-0.3, -0.25) is 9.59 Å². The van der Waals surface area contributed by atoms with Gasteiger partial charge in [-0.2, -0.15) is 13.2 Å².